The lowest BCUT2D eigenvalue weighted by Gasteiger charge is -2.03. The number of hydrogen-bond acceptors (Lipinski definition) is 3. The summed E-state index contributed by atoms with van der Waals surface area (Å²) in [6, 6.07) is 3.39. The highest BCUT2D eigenvalue weighted by Crippen LogP contribution is 2.21. The van der Waals surface area contributed by atoms with Gasteiger partial charge in [-0.3, -0.25) is 0 Å². The fraction of sp³-hybridized carbons (Fsp3) is 0.250. The fourth-order valence-corrected chi connectivity index (χ4v) is 1.74. The zero-order valence-electron chi connectivity index (χ0n) is 6.83. The Morgan fingerprint density at radius 2 is 2.31 bits per heavy atom. The van der Waals surface area contributed by atoms with Gasteiger partial charge in [-0.1, -0.05) is 17.7 Å². The minimum Gasteiger partial charge on any atom is -0.423 e. The van der Waals surface area contributed by atoms with Crippen LogP contribution in [0.1, 0.15) is 11.1 Å². The van der Waals surface area contributed by atoms with Crippen LogP contribution in [-0.2, 0) is 17.9 Å². The Morgan fingerprint density at radius 3 is 3.00 bits per heavy atom. The number of aliphatic hydroxyl groups is 1. The summed E-state index contributed by atoms with van der Waals surface area (Å²) in [5.74, 6) is 0. The third-order valence-corrected chi connectivity index (χ3v) is 2.46. The van der Waals surface area contributed by atoms with E-state index in [0.717, 1.165) is 5.56 Å². The van der Waals surface area contributed by atoms with Crippen LogP contribution in [0, 0.1) is 0 Å². The van der Waals surface area contributed by atoms with Gasteiger partial charge in [-0.15, -0.1) is 0 Å². The first-order valence-electron chi connectivity index (χ1n) is 3.94. The summed E-state index contributed by atoms with van der Waals surface area (Å²) in [6.45, 7) is 0.251. The van der Waals surface area contributed by atoms with Gasteiger partial charge in [0, 0.05) is 5.02 Å². The lowest BCUT2D eigenvalue weighted by Crippen LogP contribution is -2.28. The van der Waals surface area contributed by atoms with Gasteiger partial charge in [0.05, 0.1) is 13.2 Å². The molecule has 1 aliphatic heterocycles. The second-order valence-electron chi connectivity index (χ2n) is 2.97. The highest BCUT2D eigenvalue weighted by atomic mass is 35.5. The van der Waals surface area contributed by atoms with Gasteiger partial charge in [0.1, 0.15) is 0 Å². The molecule has 0 bridgehead atoms. The van der Waals surface area contributed by atoms with E-state index in [2.05, 4.69) is 0 Å². The number of fused-ring (bicyclic) bond motifs is 1. The molecule has 0 atom stereocenters. The molecule has 2 N–H and O–H groups in total. The molecule has 0 aliphatic carbocycles. The number of aliphatic hydroxyl groups excluding tert-OH is 1. The first kappa shape index (κ1) is 9.03. The molecule has 1 aromatic carbocycles. The fourth-order valence-electron chi connectivity index (χ4n) is 1.43. The van der Waals surface area contributed by atoms with E-state index in [1.165, 1.54) is 0 Å². The second kappa shape index (κ2) is 3.31. The van der Waals surface area contributed by atoms with E-state index >= 15 is 0 Å². The predicted molar refractivity (Wildman–Crippen MR) is 49.8 cm³/mol. The zero-order chi connectivity index (χ0) is 9.42. The van der Waals surface area contributed by atoms with E-state index in [1.807, 2.05) is 0 Å². The van der Waals surface area contributed by atoms with Gasteiger partial charge in [-0.2, -0.15) is 0 Å². The minimum absolute atomic E-state index is 0.0836. The molecule has 2 rings (SSSR count). The van der Waals surface area contributed by atoms with Crippen molar-refractivity contribution in [2.45, 2.75) is 13.2 Å². The molecule has 0 aromatic heterocycles. The number of benzene rings is 1. The average Bonchev–Trinajstić information content (AvgIpc) is 2.48. The Hall–Kier alpha value is -0.545. The minimum atomic E-state index is -0.904. The van der Waals surface area contributed by atoms with Crippen LogP contribution in [0.4, 0.5) is 0 Å². The summed E-state index contributed by atoms with van der Waals surface area (Å²) >= 11 is 5.92. The molecule has 0 fully saturated rings. The highest BCUT2D eigenvalue weighted by molar-refractivity contribution is 6.62. The van der Waals surface area contributed by atoms with Gasteiger partial charge in [0.2, 0.25) is 0 Å². The smallest absolute Gasteiger partial charge is 0.423 e. The molecule has 0 saturated carbocycles. The first-order chi connectivity index (χ1) is 6.22. The monoisotopic (exact) mass is 198 g/mol. The van der Waals surface area contributed by atoms with Crippen LogP contribution >= 0.6 is 11.6 Å². The summed E-state index contributed by atoms with van der Waals surface area (Å²) in [7, 11) is -0.904. The maximum atomic E-state index is 9.36. The van der Waals surface area contributed by atoms with Crippen LogP contribution in [-0.4, -0.2) is 17.2 Å². The van der Waals surface area contributed by atoms with Crippen LogP contribution < -0.4 is 5.46 Å². The van der Waals surface area contributed by atoms with Crippen molar-refractivity contribution < 1.29 is 14.8 Å². The van der Waals surface area contributed by atoms with Gasteiger partial charge in [-0.25, -0.2) is 0 Å². The summed E-state index contributed by atoms with van der Waals surface area (Å²) in [4.78, 5) is 0. The largest absolute Gasteiger partial charge is 0.491 e. The van der Waals surface area contributed by atoms with E-state index < -0.39 is 7.12 Å². The molecule has 0 spiro atoms. The molecular weight excluding hydrogens is 190 g/mol. The van der Waals surface area contributed by atoms with Gasteiger partial charge >= 0.3 is 7.12 Å². The van der Waals surface area contributed by atoms with Crippen molar-refractivity contribution in [3.63, 3.8) is 0 Å². The van der Waals surface area contributed by atoms with E-state index in [9.17, 15) is 5.02 Å². The van der Waals surface area contributed by atoms with Crippen LogP contribution in [0.3, 0.4) is 0 Å². The standard InChI is InChI=1S/C8H8BClO3/c10-8-2-5(3-11)1-7-6(8)4-13-9(7)12/h1-2,11-12H,3-4H2. The SMILES string of the molecule is OCc1cc(Cl)c2c(c1)B(O)OC2. The van der Waals surface area contributed by atoms with Crippen LogP contribution in [0.25, 0.3) is 0 Å². The van der Waals surface area contributed by atoms with E-state index in [1.54, 1.807) is 12.1 Å². The molecule has 0 radical (unpaired) electrons. The summed E-state index contributed by atoms with van der Waals surface area (Å²) < 4.78 is 4.99. The lowest BCUT2D eigenvalue weighted by molar-refractivity contribution is 0.275. The first-order valence-corrected chi connectivity index (χ1v) is 4.32. The van der Waals surface area contributed by atoms with Gasteiger partial charge in [0.25, 0.3) is 0 Å². The molecule has 0 amide bonds. The lowest BCUT2D eigenvalue weighted by atomic mass is 9.79. The van der Waals surface area contributed by atoms with Gasteiger partial charge < -0.3 is 14.8 Å². The van der Waals surface area contributed by atoms with E-state index in [-0.39, 0.29) is 6.61 Å². The summed E-state index contributed by atoms with van der Waals surface area (Å²) in [6.07, 6.45) is 0. The molecule has 0 saturated heterocycles. The van der Waals surface area contributed by atoms with Crippen molar-refractivity contribution in [2.75, 3.05) is 0 Å². The number of hydrogen-bond donors (Lipinski definition) is 2. The van der Waals surface area contributed by atoms with E-state index in [4.69, 9.17) is 21.4 Å². The Morgan fingerprint density at radius 1 is 1.54 bits per heavy atom. The Kier molecular flexibility index (Phi) is 2.30. The Labute approximate surface area is 81.1 Å². The van der Waals surface area contributed by atoms with Crippen molar-refractivity contribution in [2.24, 2.45) is 0 Å². The summed E-state index contributed by atoms with van der Waals surface area (Å²) in [5.41, 5.74) is 2.16. The predicted octanol–water partition coefficient (Wildman–Crippen LogP) is 0.0500. The number of rotatable bonds is 1. The molecule has 1 heterocycles. The number of halogens is 1. The van der Waals surface area contributed by atoms with E-state index in [0.29, 0.717) is 22.7 Å². The quantitative estimate of drug-likeness (QED) is 0.627. The zero-order valence-corrected chi connectivity index (χ0v) is 7.58. The Bertz CT molecular complexity index is 342. The normalized spacial score (nSPS) is 14.8. The molecule has 5 heteroatoms. The molecule has 1 aromatic rings. The van der Waals surface area contributed by atoms with Crippen molar-refractivity contribution in [1.82, 2.24) is 0 Å². The second-order valence-corrected chi connectivity index (χ2v) is 3.37. The Balaban J connectivity index is 2.53. The van der Waals surface area contributed by atoms with Crippen LogP contribution in [0.15, 0.2) is 12.1 Å². The molecule has 3 nitrogen and oxygen atoms in total. The topological polar surface area (TPSA) is 49.7 Å². The maximum Gasteiger partial charge on any atom is 0.491 e. The molecule has 68 valence electrons. The van der Waals surface area contributed by atoms with Crippen molar-refractivity contribution >= 4 is 24.2 Å². The van der Waals surface area contributed by atoms with Gasteiger partial charge in [-0.05, 0) is 22.7 Å². The third kappa shape index (κ3) is 1.46. The molecule has 0 unspecified atom stereocenters. The average molecular weight is 198 g/mol. The van der Waals surface area contributed by atoms with Crippen LogP contribution in [0.2, 0.25) is 5.02 Å². The highest BCUT2D eigenvalue weighted by Gasteiger charge is 2.29. The van der Waals surface area contributed by atoms with Crippen LogP contribution in [0.5, 0.6) is 0 Å². The van der Waals surface area contributed by atoms with Gasteiger partial charge in [0.15, 0.2) is 0 Å². The molecule has 13 heavy (non-hydrogen) atoms. The summed E-state index contributed by atoms with van der Waals surface area (Å²) in [5, 5.41) is 18.8. The third-order valence-electron chi connectivity index (χ3n) is 2.12. The van der Waals surface area contributed by atoms with Crippen molar-refractivity contribution in [3.8, 4) is 0 Å². The molecular formula is C8H8BClO3. The maximum absolute atomic E-state index is 9.36. The van der Waals surface area contributed by atoms with Crippen molar-refractivity contribution in [1.29, 1.82) is 0 Å². The molecule has 1 aliphatic rings. The van der Waals surface area contributed by atoms with Crippen molar-refractivity contribution in [3.05, 3.63) is 28.3 Å².